The van der Waals surface area contributed by atoms with E-state index < -0.39 is 38.8 Å². The summed E-state index contributed by atoms with van der Waals surface area (Å²) in [4.78, 5) is 24.9. The molecule has 1 aliphatic heterocycles. The molecule has 1 heterocycles. The number of hydrogen-bond donors (Lipinski definition) is 0. The minimum Gasteiger partial charge on any atom is -0.461 e. The second kappa shape index (κ2) is 8.37. The third-order valence-electron chi connectivity index (χ3n) is 4.09. The van der Waals surface area contributed by atoms with E-state index in [4.69, 9.17) is 18.8 Å². The Kier molecular flexibility index (Phi) is 6.65. The molecule has 26 heavy (non-hydrogen) atoms. The molecule has 1 saturated heterocycles. The largest absolute Gasteiger partial charge is 0.461 e. The van der Waals surface area contributed by atoms with E-state index in [9.17, 15) is 9.59 Å². The molecule has 142 valence electrons. The molecule has 1 fully saturated rings. The van der Waals surface area contributed by atoms with E-state index in [0.717, 1.165) is 5.19 Å². The number of hydrogen-bond acceptors (Lipinski definition) is 6. The highest BCUT2D eigenvalue weighted by molar-refractivity contribution is 7.33. The van der Waals surface area contributed by atoms with Crippen molar-refractivity contribution >= 4 is 31.8 Å². The highest BCUT2D eigenvalue weighted by Gasteiger charge is 2.56. The highest BCUT2D eigenvalue weighted by atomic mass is 28.3. The molecule has 0 N–H and O–H groups in total. The number of benzene rings is 1. The molecule has 0 saturated carbocycles. The van der Waals surface area contributed by atoms with Gasteiger partial charge in [-0.1, -0.05) is 48.6 Å². The van der Waals surface area contributed by atoms with Gasteiger partial charge in [0.2, 0.25) is 0 Å². The van der Waals surface area contributed by atoms with Crippen molar-refractivity contribution in [2.24, 2.45) is 0 Å². The molecule has 0 radical (unpaired) electrons. The lowest BCUT2D eigenvalue weighted by Crippen LogP contribution is -2.57. The lowest BCUT2D eigenvalue weighted by molar-refractivity contribution is -0.167. The molecule has 1 aromatic carbocycles. The average molecular weight is 378 g/mol. The second-order valence-corrected chi connectivity index (χ2v) is 12.0. The summed E-state index contributed by atoms with van der Waals surface area (Å²) >= 11 is 0. The zero-order chi connectivity index (χ0) is 19.5. The summed E-state index contributed by atoms with van der Waals surface area (Å²) < 4.78 is 22.3. The van der Waals surface area contributed by atoms with Crippen LogP contribution in [0.5, 0.6) is 0 Å². The Morgan fingerprint density at radius 3 is 1.73 bits per heavy atom. The average Bonchev–Trinajstić information content (AvgIpc) is 3.01. The third kappa shape index (κ3) is 4.75. The van der Waals surface area contributed by atoms with Crippen molar-refractivity contribution in [1.29, 1.82) is 0 Å². The van der Waals surface area contributed by atoms with Gasteiger partial charge in [0.1, 0.15) is 7.94 Å². The summed E-state index contributed by atoms with van der Waals surface area (Å²) in [6, 6.07) is 9.87. The number of carbonyl (C=O) groups excluding carboxylic acids is 2. The van der Waals surface area contributed by atoms with Crippen molar-refractivity contribution < 1.29 is 28.4 Å². The molecule has 8 heteroatoms. The van der Waals surface area contributed by atoms with Crippen LogP contribution in [0.4, 0.5) is 0 Å². The predicted octanol–water partition coefficient (Wildman–Crippen LogP) is 1.86. The summed E-state index contributed by atoms with van der Waals surface area (Å²) in [5.74, 6) is -1.21. The fourth-order valence-corrected chi connectivity index (χ4v) is 5.04. The van der Waals surface area contributed by atoms with Crippen LogP contribution in [-0.2, 0) is 28.4 Å². The van der Waals surface area contributed by atoms with E-state index >= 15 is 0 Å². The van der Waals surface area contributed by atoms with Gasteiger partial charge in [0.05, 0.1) is 12.2 Å². The standard InChI is InChI=1S/C18H27BO6Si/c1-12(2)22-17(20)15-16(18(21)23-13(3)4)25-19(24-15)26(5,6)14-10-8-7-9-11-14/h7-13,15-16H,1-6H3/t15-,16-/m0/s1. The Morgan fingerprint density at radius 2 is 1.35 bits per heavy atom. The van der Waals surface area contributed by atoms with Gasteiger partial charge in [-0.15, -0.1) is 0 Å². The molecule has 0 spiro atoms. The summed E-state index contributed by atoms with van der Waals surface area (Å²) in [6.45, 7) is 10.5. The Labute approximate surface area is 156 Å². The predicted molar refractivity (Wildman–Crippen MR) is 102 cm³/mol. The quantitative estimate of drug-likeness (QED) is 0.556. The fourth-order valence-electron chi connectivity index (χ4n) is 2.74. The van der Waals surface area contributed by atoms with Crippen LogP contribution in [0.25, 0.3) is 0 Å². The topological polar surface area (TPSA) is 71.1 Å². The van der Waals surface area contributed by atoms with E-state index in [1.165, 1.54) is 0 Å². The Balaban J connectivity index is 2.26. The summed E-state index contributed by atoms with van der Waals surface area (Å²) in [6.07, 6.45) is -2.87. The molecule has 2 atom stereocenters. The van der Waals surface area contributed by atoms with Crippen LogP contribution in [0.3, 0.4) is 0 Å². The first kappa shape index (κ1) is 20.7. The lowest BCUT2D eigenvalue weighted by atomic mass is 10.2. The van der Waals surface area contributed by atoms with Crippen LogP contribution < -0.4 is 5.19 Å². The van der Waals surface area contributed by atoms with Gasteiger partial charge in [-0.25, -0.2) is 9.59 Å². The minimum absolute atomic E-state index is 0.314. The van der Waals surface area contributed by atoms with Gasteiger partial charge < -0.3 is 18.8 Å². The molecule has 6 nitrogen and oxygen atoms in total. The van der Waals surface area contributed by atoms with Gasteiger partial charge in [-0.3, -0.25) is 0 Å². The Hall–Kier alpha value is -1.64. The van der Waals surface area contributed by atoms with Crippen LogP contribution in [0.15, 0.2) is 30.3 Å². The van der Waals surface area contributed by atoms with Crippen molar-refractivity contribution in [2.75, 3.05) is 0 Å². The monoisotopic (exact) mass is 378 g/mol. The number of esters is 2. The molecule has 2 rings (SSSR count). The van der Waals surface area contributed by atoms with Gasteiger partial charge in [-0.05, 0) is 27.7 Å². The van der Waals surface area contributed by atoms with Crippen molar-refractivity contribution in [3.8, 4) is 0 Å². The molecule has 0 amide bonds. The maximum absolute atomic E-state index is 12.4. The van der Waals surface area contributed by atoms with Crippen LogP contribution in [0.2, 0.25) is 13.1 Å². The zero-order valence-corrected chi connectivity index (χ0v) is 17.2. The molecule has 0 aliphatic carbocycles. The second-order valence-electron chi connectivity index (χ2n) is 7.50. The normalized spacial score (nSPS) is 20.5. The van der Waals surface area contributed by atoms with Gasteiger partial charge in [0, 0.05) is 0 Å². The van der Waals surface area contributed by atoms with Crippen LogP contribution in [-0.4, -0.2) is 51.0 Å². The Morgan fingerprint density at radius 1 is 0.923 bits per heavy atom. The van der Waals surface area contributed by atoms with Gasteiger partial charge in [0.25, 0.3) is 0 Å². The molecule has 1 aliphatic rings. The number of carbonyl (C=O) groups is 2. The maximum atomic E-state index is 12.4. The lowest BCUT2D eigenvalue weighted by Gasteiger charge is -2.24. The van der Waals surface area contributed by atoms with E-state index in [-0.39, 0.29) is 12.2 Å². The van der Waals surface area contributed by atoms with E-state index in [1.54, 1.807) is 27.7 Å². The van der Waals surface area contributed by atoms with Crippen molar-refractivity contribution in [1.82, 2.24) is 0 Å². The summed E-state index contributed by atoms with van der Waals surface area (Å²) in [7, 11) is -2.26. The minimum atomic E-state index is -2.26. The first-order valence-electron chi connectivity index (χ1n) is 8.90. The van der Waals surface area contributed by atoms with Gasteiger partial charge >= 0.3 is 18.6 Å². The molecule has 0 unspecified atom stereocenters. The van der Waals surface area contributed by atoms with Gasteiger partial charge in [-0.2, -0.15) is 0 Å². The molecular weight excluding hydrogens is 351 g/mol. The highest BCUT2D eigenvalue weighted by Crippen LogP contribution is 2.26. The number of rotatable bonds is 6. The molecule has 0 bridgehead atoms. The maximum Gasteiger partial charge on any atom is 0.439 e. The first-order valence-corrected chi connectivity index (χ1v) is 12.0. The van der Waals surface area contributed by atoms with E-state index in [1.807, 2.05) is 30.3 Å². The van der Waals surface area contributed by atoms with Crippen LogP contribution >= 0.6 is 0 Å². The third-order valence-corrected chi connectivity index (χ3v) is 7.36. The van der Waals surface area contributed by atoms with Gasteiger partial charge in [0.15, 0.2) is 12.2 Å². The SMILES string of the molecule is CC(C)OC(=O)[C@H]1OB([Si](C)(C)c2ccccc2)O[C@@H]1C(=O)OC(C)C. The fraction of sp³-hybridized carbons (Fsp3) is 0.556. The molecular formula is C18H27BO6Si. The smallest absolute Gasteiger partial charge is 0.439 e. The summed E-state index contributed by atoms with van der Waals surface area (Å²) in [5.41, 5.74) is 0. The van der Waals surface area contributed by atoms with E-state index in [2.05, 4.69) is 13.1 Å². The molecule has 0 aromatic heterocycles. The zero-order valence-electron chi connectivity index (χ0n) is 16.2. The van der Waals surface area contributed by atoms with Crippen LogP contribution in [0.1, 0.15) is 27.7 Å². The van der Waals surface area contributed by atoms with E-state index in [0.29, 0.717) is 0 Å². The van der Waals surface area contributed by atoms with Crippen molar-refractivity contribution in [3.05, 3.63) is 30.3 Å². The van der Waals surface area contributed by atoms with Crippen LogP contribution in [0, 0.1) is 0 Å². The summed E-state index contributed by atoms with van der Waals surface area (Å²) in [5, 5.41) is 1.11. The van der Waals surface area contributed by atoms with Crippen molar-refractivity contribution in [2.45, 2.75) is 65.2 Å². The van der Waals surface area contributed by atoms with Crippen molar-refractivity contribution in [3.63, 3.8) is 0 Å². The Bertz CT molecular complexity index is 604. The molecule has 1 aromatic rings. The first-order chi connectivity index (χ1) is 12.1. The number of ether oxygens (including phenoxy) is 2.